The van der Waals surface area contributed by atoms with Gasteiger partial charge in [-0.2, -0.15) is 0 Å². The second kappa shape index (κ2) is 4.25. The zero-order valence-electron chi connectivity index (χ0n) is 9.25. The molecule has 4 nitrogen and oxygen atoms in total. The van der Waals surface area contributed by atoms with Gasteiger partial charge in [0.05, 0.1) is 5.69 Å². The summed E-state index contributed by atoms with van der Waals surface area (Å²) in [6.45, 7) is 0. The third-order valence-corrected chi connectivity index (χ3v) is 2.53. The first-order chi connectivity index (χ1) is 8.11. The summed E-state index contributed by atoms with van der Waals surface area (Å²) in [7, 11) is 1.70. The second-order valence-electron chi connectivity index (χ2n) is 3.76. The predicted octanol–water partition coefficient (Wildman–Crippen LogP) is 1.77. The molecule has 2 rings (SSSR count). The Bertz CT molecular complexity index is 584. The summed E-state index contributed by atoms with van der Waals surface area (Å²) in [5.74, 6) is -0.174. The number of aryl methyl sites for hydroxylation is 1. The van der Waals surface area contributed by atoms with E-state index in [1.165, 1.54) is 18.2 Å². The van der Waals surface area contributed by atoms with Gasteiger partial charge in [0.25, 0.3) is 0 Å². The molecule has 4 heteroatoms. The fraction of sp³-hybridized carbons (Fsp3) is 0.0769. The van der Waals surface area contributed by atoms with E-state index in [0.29, 0.717) is 23.1 Å². The number of aldehydes is 1. The Kier molecular flexibility index (Phi) is 2.78. The van der Waals surface area contributed by atoms with E-state index in [-0.39, 0.29) is 11.5 Å². The normalized spacial score (nSPS) is 10.2. The lowest BCUT2D eigenvalue weighted by Gasteiger charge is -1.98. The molecular weight excluding hydrogens is 218 g/mol. The smallest absolute Gasteiger partial charge is 0.194 e. The maximum atomic E-state index is 12.0. The first-order valence-electron chi connectivity index (χ1n) is 5.07. The van der Waals surface area contributed by atoms with Crippen molar-refractivity contribution in [2.24, 2.45) is 7.05 Å². The summed E-state index contributed by atoms with van der Waals surface area (Å²) in [5.41, 5.74) is 1.27. The molecule has 86 valence electrons. The van der Waals surface area contributed by atoms with Crippen LogP contribution in [-0.2, 0) is 7.05 Å². The van der Waals surface area contributed by atoms with Gasteiger partial charge in [-0.1, -0.05) is 12.1 Å². The molecule has 1 aromatic carbocycles. The predicted molar refractivity (Wildman–Crippen MR) is 62.3 cm³/mol. The van der Waals surface area contributed by atoms with E-state index in [1.54, 1.807) is 29.9 Å². The molecule has 2 aromatic rings. The average molecular weight is 229 g/mol. The van der Waals surface area contributed by atoms with Crippen molar-refractivity contribution in [3.63, 3.8) is 0 Å². The molecule has 0 saturated carbocycles. The van der Waals surface area contributed by atoms with Crippen LogP contribution in [0.4, 0.5) is 0 Å². The second-order valence-corrected chi connectivity index (χ2v) is 3.76. The van der Waals surface area contributed by atoms with E-state index < -0.39 is 0 Å². The van der Waals surface area contributed by atoms with Crippen LogP contribution in [0.2, 0.25) is 0 Å². The van der Waals surface area contributed by atoms with Crippen molar-refractivity contribution in [2.75, 3.05) is 0 Å². The number of hydrogen-bond acceptors (Lipinski definition) is 3. The first-order valence-corrected chi connectivity index (χ1v) is 5.07. The molecule has 1 heterocycles. The van der Waals surface area contributed by atoms with Crippen LogP contribution in [0.3, 0.4) is 0 Å². The van der Waals surface area contributed by atoms with E-state index in [2.05, 4.69) is 0 Å². The van der Waals surface area contributed by atoms with E-state index in [4.69, 9.17) is 0 Å². The van der Waals surface area contributed by atoms with Crippen molar-refractivity contribution in [3.05, 3.63) is 53.3 Å². The molecule has 0 aliphatic rings. The number of rotatable bonds is 3. The number of nitrogens with zero attached hydrogens (tertiary/aromatic N) is 1. The molecule has 0 radical (unpaired) electrons. The average Bonchev–Trinajstić information content (AvgIpc) is 2.69. The fourth-order valence-corrected chi connectivity index (χ4v) is 1.64. The highest BCUT2D eigenvalue weighted by atomic mass is 16.3. The maximum absolute atomic E-state index is 12.0. The molecule has 1 aromatic heterocycles. The van der Waals surface area contributed by atoms with Crippen molar-refractivity contribution in [1.82, 2.24) is 4.57 Å². The Morgan fingerprint density at radius 1 is 1.29 bits per heavy atom. The molecule has 0 fully saturated rings. The van der Waals surface area contributed by atoms with Crippen molar-refractivity contribution in [2.45, 2.75) is 0 Å². The van der Waals surface area contributed by atoms with Crippen molar-refractivity contribution in [3.8, 4) is 5.75 Å². The summed E-state index contributed by atoms with van der Waals surface area (Å²) in [6.07, 6.45) is 2.29. The Labute approximate surface area is 98.1 Å². The fourth-order valence-electron chi connectivity index (χ4n) is 1.64. The van der Waals surface area contributed by atoms with Crippen LogP contribution in [0.15, 0.2) is 36.5 Å². The zero-order chi connectivity index (χ0) is 12.4. The summed E-state index contributed by atoms with van der Waals surface area (Å²) in [4.78, 5) is 22.7. The van der Waals surface area contributed by atoms with Crippen LogP contribution in [0.5, 0.6) is 5.75 Å². The van der Waals surface area contributed by atoms with Gasteiger partial charge in [0.1, 0.15) is 5.75 Å². The number of benzene rings is 1. The molecule has 0 spiro atoms. The Balaban J connectivity index is 2.40. The van der Waals surface area contributed by atoms with Crippen LogP contribution in [0, 0.1) is 0 Å². The largest absolute Gasteiger partial charge is 0.508 e. The highest BCUT2D eigenvalue weighted by molar-refractivity contribution is 6.09. The van der Waals surface area contributed by atoms with Crippen LogP contribution in [0.25, 0.3) is 0 Å². The third kappa shape index (κ3) is 2.10. The maximum Gasteiger partial charge on any atom is 0.194 e. The molecule has 0 unspecified atom stereocenters. The number of phenolic OH excluding ortho intramolecular Hbond substituents is 1. The van der Waals surface area contributed by atoms with Gasteiger partial charge in [0.15, 0.2) is 12.1 Å². The van der Waals surface area contributed by atoms with Gasteiger partial charge in [-0.05, 0) is 18.2 Å². The van der Waals surface area contributed by atoms with E-state index in [9.17, 15) is 14.7 Å². The minimum absolute atomic E-state index is 0.0439. The molecule has 1 N–H and O–H groups in total. The summed E-state index contributed by atoms with van der Waals surface area (Å²) >= 11 is 0. The highest BCUT2D eigenvalue weighted by Crippen LogP contribution is 2.16. The summed E-state index contributed by atoms with van der Waals surface area (Å²) in [5, 5.41) is 9.30. The van der Waals surface area contributed by atoms with Crippen LogP contribution in [0.1, 0.15) is 26.4 Å². The minimum Gasteiger partial charge on any atom is -0.508 e. The minimum atomic E-state index is -0.218. The molecule has 0 saturated heterocycles. The first kappa shape index (κ1) is 11.1. The number of carbonyl (C=O) groups is 2. The van der Waals surface area contributed by atoms with Gasteiger partial charge in [0, 0.05) is 24.4 Å². The number of carbonyl (C=O) groups excluding carboxylic acids is 2. The summed E-state index contributed by atoms with van der Waals surface area (Å²) in [6, 6.07) is 7.65. The van der Waals surface area contributed by atoms with Crippen molar-refractivity contribution < 1.29 is 14.7 Å². The SMILES string of the molecule is Cn1cc(C(=O)c2cccc(O)c2)cc1C=O. The van der Waals surface area contributed by atoms with Crippen molar-refractivity contribution >= 4 is 12.1 Å². The molecule has 0 aliphatic heterocycles. The van der Waals surface area contributed by atoms with E-state index in [1.807, 2.05) is 0 Å². The molecule has 0 atom stereocenters. The van der Waals surface area contributed by atoms with Gasteiger partial charge in [-0.3, -0.25) is 9.59 Å². The molecule has 0 aliphatic carbocycles. The quantitative estimate of drug-likeness (QED) is 0.644. The zero-order valence-corrected chi connectivity index (χ0v) is 9.25. The Morgan fingerprint density at radius 2 is 2.06 bits per heavy atom. The van der Waals surface area contributed by atoms with Crippen LogP contribution < -0.4 is 0 Å². The number of phenols is 1. The Morgan fingerprint density at radius 3 is 2.65 bits per heavy atom. The van der Waals surface area contributed by atoms with Crippen molar-refractivity contribution in [1.29, 1.82) is 0 Å². The Hall–Kier alpha value is -2.36. The van der Waals surface area contributed by atoms with Gasteiger partial charge in [-0.25, -0.2) is 0 Å². The lowest BCUT2D eigenvalue weighted by Crippen LogP contribution is -1.99. The van der Waals surface area contributed by atoms with Crippen LogP contribution in [-0.4, -0.2) is 21.7 Å². The molecule has 0 amide bonds. The van der Waals surface area contributed by atoms with Gasteiger partial charge in [0.2, 0.25) is 0 Å². The van der Waals surface area contributed by atoms with E-state index >= 15 is 0 Å². The van der Waals surface area contributed by atoms with E-state index in [0.717, 1.165) is 0 Å². The molecule has 0 bridgehead atoms. The standard InChI is InChI=1S/C13H11NO3/c1-14-7-10(5-11(14)8-15)13(17)9-3-2-4-12(16)6-9/h2-8,16H,1H3. The van der Waals surface area contributed by atoms with Gasteiger partial charge in [-0.15, -0.1) is 0 Å². The lowest BCUT2D eigenvalue weighted by atomic mass is 10.1. The third-order valence-electron chi connectivity index (χ3n) is 2.53. The number of hydrogen-bond donors (Lipinski definition) is 1. The highest BCUT2D eigenvalue weighted by Gasteiger charge is 2.12. The van der Waals surface area contributed by atoms with Gasteiger partial charge < -0.3 is 9.67 Å². The monoisotopic (exact) mass is 229 g/mol. The summed E-state index contributed by atoms with van der Waals surface area (Å²) < 4.78 is 1.59. The number of ketones is 1. The lowest BCUT2D eigenvalue weighted by molar-refractivity contribution is 0.103. The van der Waals surface area contributed by atoms with Crippen LogP contribution >= 0.6 is 0 Å². The molecular formula is C13H11NO3. The van der Waals surface area contributed by atoms with Gasteiger partial charge >= 0.3 is 0 Å². The topological polar surface area (TPSA) is 59.3 Å². The number of aromatic hydroxyl groups is 1. The number of aromatic nitrogens is 1. The molecule has 17 heavy (non-hydrogen) atoms.